The van der Waals surface area contributed by atoms with Crippen LogP contribution in [0, 0.1) is 0 Å². The minimum atomic E-state index is -0.772. The van der Waals surface area contributed by atoms with Gasteiger partial charge in [-0.05, 0) is 56.2 Å². The molecule has 0 aliphatic rings. The molecule has 3 nitrogen and oxygen atoms in total. The van der Waals surface area contributed by atoms with Crippen LogP contribution in [0.4, 0.5) is 0 Å². The second-order valence-corrected chi connectivity index (χ2v) is 8.71. The summed E-state index contributed by atoms with van der Waals surface area (Å²) in [4.78, 5) is 14.8. The lowest BCUT2D eigenvalue weighted by Crippen LogP contribution is -2.43. The predicted molar refractivity (Wildman–Crippen MR) is 148 cm³/mol. The van der Waals surface area contributed by atoms with Gasteiger partial charge in [0, 0.05) is 18.2 Å². The topological polar surface area (TPSA) is 40.5 Å². The molecule has 0 aliphatic heterocycles. The van der Waals surface area contributed by atoms with E-state index in [-0.39, 0.29) is 5.92 Å². The molecule has 0 fully saturated rings. The molecule has 0 heterocycles. The lowest BCUT2D eigenvalue weighted by atomic mass is 9.85. The zero-order valence-corrected chi connectivity index (χ0v) is 21.6. The summed E-state index contributed by atoms with van der Waals surface area (Å²) in [6.45, 7) is 10.8. The average molecular weight is 472 g/mol. The summed E-state index contributed by atoms with van der Waals surface area (Å²) in [6.07, 6.45) is 14.4. The lowest BCUT2D eigenvalue weighted by molar-refractivity contribution is -0.142. The summed E-state index contributed by atoms with van der Waals surface area (Å²) < 4.78 is 0. The van der Waals surface area contributed by atoms with Crippen LogP contribution in [0.5, 0.6) is 0 Å². The Balaban J connectivity index is 2.57. The summed E-state index contributed by atoms with van der Waals surface area (Å²) in [7, 11) is 0. The number of unbranched alkanes of at least 4 members (excludes halogenated alkanes) is 1. The highest BCUT2D eigenvalue weighted by atomic mass is 16.4. The first-order valence-corrected chi connectivity index (χ1v) is 12.7. The van der Waals surface area contributed by atoms with E-state index in [9.17, 15) is 9.90 Å². The van der Waals surface area contributed by atoms with E-state index >= 15 is 0 Å². The van der Waals surface area contributed by atoms with Crippen LogP contribution in [0.1, 0.15) is 63.5 Å². The van der Waals surface area contributed by atoms with E-state index in [1.807, 2.05) is 44.2 Å². The van der Waals surface area contributed by atoms with E-state index in [0.29, 0.717) is 13.0 Å². The molecule has 0 aromatic heterocycles. The molecule has 3 heteroatoms. The molecule has 0 saturated carbocycles. The van der Waals surface area contributed by atoms with Crippen LogP contribution in [0.25, 0.3) is 0 Å². The number of aliphatic carboxylic acids is 1. The van der Waals surface area contributed by atoms with Gasteiger partial charge < -0.3 is 10.0 Å². The number of rotatable bonds is 15. The van der Waals surface area contributed by atoms with Crippen LogP contribution >= 0.6 is 0 Å². The van der Waals surface area contributed by atoms with Crippen molar-refractivity contribution in [3.8, 4) is 0 Å². The quantitative estimate of drug-likeness (QED) is 0.212. The van der Waals surface area contributed by atoms with Crippen molar-refractivity contribution < 1.29 is 9.90 Å². The maximum atomic E-state index is 12.7. The first kappa shape index (κ1) is 27.9. The number of carboxylic acids is 1. The van der Waals surface area contributed by atoms with Crippen LogP contribution in [-0.4, -0.2) is 28.6 Å². The largest absolute Gasteiger partial charge is 0.480 e. The Morgan fingerprint density at radius 3 is 2.26 bits per heavy atom. The molecule has 0 saturated heterocycles. The van der Waals surface area contributed by atoms with Crippen molar-refractivity contribution in [2.45, 2.75) is 64.8 Å². The number of hydrogen-bond donors (Lipinski definition) is 1. The maximum absolute atomic E-state index is 12.7. The first-order chi connectivity index (χ1) is 17.1. The summed E-state index contributed by atoms with van der Waals surface area (Å²) >= 11 is 0. The Morgan fingerprint density at radius 1 is 1.06 bits per heavy atom. The van der Waals surface area contributed by atoms with Gasteiger partial charge in [-0.15, -0.1) is 6.58 Å². The number of carboxylic acid groups (broad SMARTS) is 1. The van der Waals surface area contributed by atoms with E-state index in [2.05, 4.69) is 79.1 Å². The number of allylic oxidation sites excluding steroid dienone is 6. The fraction of sp³-hybridized carbons (Fsp3) is 0.344. The third-order valence-electron chi connectivity index (χ3n) is 6.23. The molecule has 0 spiro atoms. The molecule has 186 valence electrons. The van der Waals surface area contributed by atoms with Gasteiger partial charge in [0.25, 0.3) is 0 Å². The van der Waals surface area contributed by atoms with Gasteiger partial charge in [-0.2, -0.15) is 0 Å². The van der Waals surface area contributed by atoms with Crippen LogP contribution in [0.3, 0.4) is 0 Å². The first-order valence-electron chi connectivity index (χ1n) is 12.7. The molecule has 2 unspecified atom stereocenters. The average Bonchev–Trinajstić information content (AvgIpc) is 2.88. The number of nitrogens with zero attached hydrogens (tertiary/aromatic N) is 1. The van der Waals surface area contributed by atoms with Crippen LogP contribution in [-0.2, 0) is 11.2 Å². The Hall–Kier alpha value is -3.33. The SMILES string of the molecule is C=CCC=C(/C=C\C)C(/C(=C/C)N(CCCC)C(CCc1ccccc1)C(=O)O)c1ccccc1. The monoisotopic (exact) mass is 471 g/mol. The van der Waals surface area contributed by atoms with E-state index in [4.69, 9.17) is 0 Å². The van der Waals surface area contributed by atoms with Gasteiger partial charge in [0.05, 0.1) is 0 Å². The third kappa shape index (κ3) is 8.43. The normalized spacial score (nSPS) is 14.0. The number of aryl methyl sites for hydroxylation is 1. The van der Waals surface area contributed by atoms with Crippen molar-refractivity contribution in [3.05, 3.63) is 120 Å². The van der Waals surface area contributed by atoms with Gasteiger partial charge in [-0.3, -0.25) is 0 Å². The Morgan fingerprint density at radius 2 is 1.71 bits per heavy atom. The van der Waals surface area contributed by atoms with Crippen LogP contribution in [0.2, 0.25) is 0 Å². The van der Waals surface area contributed by atoms with Gasteiger partial charge in [0.1, 0.15) is 6.04 Å². The molecule has 0 amide bonds. The summed E-state index contributed by atoms with van der Waals surface area (Å²) in [5.74, 6) is -0.835. The number of benzene rings is 2. The van der Waals surface area contributed by atoms with Crippen molar-refractivity contribution in [3.63, 3.8) is 0 Å². The lowest BCUT2D eigenvalue weighted by Gasteiger charge is -2.38. The molecule has 0 radical (unpaired) electrons. The van der Waals surface area contributed by atoms with Crippen molar-refractivity contribution in [2.24, 2.45) is 0 Å². The summed E-state index contributed by atoms with van der Waals surface area (Å²) in [5.41, 5.74) is 4.51. The Kier molecular flexibility index (Phi) is 12.4. The van der Waals surface area contributed by atoms with E-state index in [1.165, 1.54) is 0 Å². The smallest absolute Gasteiger partial charge is 0.326 e. The van der Waals surface area contributed by atoms with E-state index in [1.54, 1.807) is 0 Å². The van der Waals surface area contributed by atoms with Crippen molar-refractivity contribution in [1.29, 1.82) is 0 Å². The maximum Gasteiger partial charge on any atom is 0.326 e. The third-order valence-corrected chi connectivity index (χ3v) is 6.23. The molecule has 2 aromatic carbocycles. The molecule has 1 N–H and O–H groups in total. The highest BCUT2D eigenvalue weighted by molar-refractivity contribution is 5.74. The van der Waals surface area contributed by atoms with E-state index in [0.717, 1.165) is 48.1 Å². The zero-order chi connectivity index (χ0) is 25.5. The van der Waals surface area contributed by atoms with Gasteiger partial charge in [0.15, 0.2) is 0 Å². The molecule has 35 heavy (non-hydrogen) atoms. The Bertz CT molecular complexity index is 989. The van der Waals surface area contributed by atoms with Gasteiger partial charge in [-0.25, -0.2) is 4.79 Å². The second-order valence-electron chi connectivity index (χ2n) is 8.71. The van der Waals surface area contributed by atoms with E-state index < -0.39 is 12.0 Å². The molecule has 2 rings (SSSR count). The summed E-state index contributed by atoms with van der Waals surface area (Å²) in [5, 5.41) is 10.4. The molecular weight excluding hydrogens is 430 g/mol. The fourth-order valence-electron chi connectivity index (χ4n) is 4.53. The van der Waals surface area contributed by atoms with Crippen LogP contribution in [0.15, 0.2) is 109 Å². The number of carbonyl (C=O) groups is 1. The van der Waals surface area contributed by atoms with Crippen LogP contribution < -0.4 is 0 Å². The van der Waals surface area contributed by atoms with Gasteiger partial charge in [-0.1, -0.05) is 104 Å². The minimum Gasteiger partial charge on any atom is -0.480 e. The second kappa shape index (κ2) is 15.5. The minimum absolute atomic E-state index is 0.0622. The standard InChI is InChI=1S/C32H41NO2/c1-5-9-20-27(17-7-3)31(28-21-15-12-16-22-28)29(8-4)33(25-10-6-2)30(32(34)35)24-23-26-18-13-11-14-19-26/h5,7-8,11-22,30-31H,1,6,9-10,23-25H2,2-4H3,(H,34,35)/b17-7-,27-20?,29-8-. The molecule has 0 bridgehead atoms. The fourth-order valence-corrected chi connectivity index (χ4v) is 4.53. The molecule has 0 aliphatic carbocycles. The Labute approximate surface area is 212 Å². The molecular formula is C32H41NO2. The van der Waals surface area contributed by atoms with Crippen molar-refractivity contribution in [2.75, 3.05) is 6.54 Å². The van der Waals surface area contributed by atoms with Crippen molar-refractivity contribution >= 4 is 5.97 Å². The summed E-state index contributed by atoms with van der Waals surface area (Å²) in [6, 6.07) is 19.9. The van der Waals surface area contributed by atoms with Gasteiger partial charge in [0.2, 0.25) is 0 Å². The van der Waals surface area contributed by atoms with Crippen molar-refractivity contribution in [1.82, 2.24) is 4.90 Å². The zero-order valence-electron chi connectivity index (χ0n) is 21.6. The number of hydrogen-bond acceptors (Lipinski definition) is 2. The highest BCUT2D eigenvalue weighted by Gasteiger charge is 2.31. The van der Waals surface area contributed by atoms with Gasteiger partial charge >= 0.3 is 5.97 Å². The predicted octanol–water partition coefficient (Wildman–Crippen LogP) is 7.94. The highest BCUT2D eigenvalue weighted by Crippen LogP contribution is 2.37. The molecule has 2 atom stereocenters. The molecule has 2 aromatic rings.